The molecule has 0 saturated carbocycles. The lowest BCUT2D eigenvalue weighted by Gasteiger charge is -2.29. The van der Waals surface area contributed by atoms with Crippen molar-refractivity contribution < 1.29 is 24.1 Å². The normalized spacial score (nSPS) is 18.9. The van der Waals surface area contributed by atoms with Gasteiger partial charge in [0.05, 0.1) is 7.11 Å². The number of hydrogen-bond acceptors (Lipinski definition) is 3. The number of anilines is 1. The number of quaternary nitrogens is 2. The van der Waals surface area contributed by atoms with Gasteiger partial charge in [0.1, 0.15) is 50.8 Å². The number of aryl methyl sites for hydroxylation is 1. The van der Waals surface area contributed by atoms with Gasteiger partial charge in [-0.1, -0.05) is 11.6 Å². The SMILES string of the molecule is COc1ccc(OCC[NH+]2CC[NH+](CC(=O)Nc3ccc(Cl)cc3C)CC2)cc1. The van der Waals surface area contributed by atoms with E-state index in [0.717, 1.165) is 55.5 Å². The van der Waals surface area contributed by atoms with E-state index in [9.17, 15) is 4.79 Å². The number of rotatable bonds is 8. The number of benzene rings is 2. The summed E-state index contributed by atoms with van der Waals surface area (Å²) in [6.07, 6.45) is 0. The zero-order chi connectivity index (χ0) is 20.6. The molecule has 3 rings (SSSR count). The van der Waals surface area contributed by atoms with Crippen LogP contribution in [0.2, 0.25) is 5.02 Å². The number of ether oxygens (including phenoxy) is 2. The van der Waals surface area contributed by atoms with Crippen molar-refractivity contribution in [1.82, 2.24) is 0 Å². The summed E-state index contributed by atoms with van der Waals surface area (Å²) in [4.78, 5) is 15.2. The van der Waals surface area contributed by atoms with E-state index in [-0.39, 0.29) is 5.91 Å². The van der Waals surface area contributed by atoms with Crippen molar-refractivity contribution in [3.63, 3.8) is 0 Å². The van der Waals surface area contributed by atoms with Crippen LogP contribution in [0.15, 0.2) is 42.5 Å². The quantitative estimate of drug-likeness (QED) is 0.582. The summed E-state index contributed by atoms with van der Waals surface area (Å²) in [5.41, 5.74) is 1.81. The second-order valence-corrected chi connectivity index (χ2v) is 7.89. The van der Waals surface area contributed by atoms with Gasteiger partial charge in [0, 0.05) is 10.7 Å². The maximum atomic E-state index is 12.4. The Morgan fingerprint density at radius 2 is 1.69 bits per heavy atom. The van der Waals surface area contributed by atoms with Gasteiger partial charge in [0.2, 0.25) is 0 Å². The van der Waals surface area contributed by atoms with Crippen LogP contribution in [0.3, 0.4) is 0 Å². The van der Waals surface area contributed by atoms with Crippen LogP contribution in [-0.4, -0.2) is 58.9 Å². The minimum Gasteiger partial charge on any atom is -0.497 e. The molecule has 0 bridgehead atoms. The van der Waals surface area contributed by atoms with Gasteiger partial charge in [0.15, 0.2) is 6.54 Å². The fourth-order valence-corrected chi connectivity index (χ4v) is 3.78. The van der Waals surface area contributed by atoms with Crippen LogP contribution in [0.25, 0.3) is 0 Å². The Labute approximate surface area is 177 Å². The van der Waals surface area contributed by atoms with Gasteiger partial charge in [-0.3, -0.25) is 4.79 Å². The van der Waals surface area contributed by atoms with Gasteiger partial charge < -0.3 is 24.6 Å². The molecule has 7 heteroatoms. The Kier molecular flexibility index (Phi) is 7.75. The third-order valence-electron chi connectivity index (χ3n) is 5.32. The number of carbonyl (C=O) groups is 1. The van der Waals surface area contributed by atoms with Crippen LogP contribution >= 0.6 is 11.6 Å². The van der Waals surface area contributed by atoms with Crippen LogP contribution in [0, 0.1) is 6.92 Å². The molecule has 0 aromatic heterocycles. The number of nitrogens with one attached hydrogen (secondary N) is 3. The first-order valence-corrected chi connectivity index (χ1v) is 10.4. The van der Waals surface area contributed by atoms with E-state index in [4.69, 9.17) is 21.1 Å². The number of amides is 1. The molecule has 1 saturated heterocycles. The highest BCUT2D eigenvalue weighted by Gasteiger charge is 2.24. The molecule has 1 aliphatic rings. The highest BCUT2D eigenvalue weighted by atomic mass is 35.5. The highest BCUT2D eigenvalue weighted by Crippen LogP contribution is 2.19. The lowest BCUT2D eigenvalue weighted by molar-refractivity contribution is -1.01. The molecule has 29 heavy (non-hydrogen) atoms. The molecular weight excluding hydrogens is 390 g/mol. The molecule has 1 fully saturated rings. The fourth-order valence-electron chi connectivity index (χ4n) is 3.56. The predicted molar refractivity (Wildman–Crippen MR) is 114 cm³/mol. The number of hydrogen-bond donors (Lipinski definition) is 3. The minimum atomic E-state index is 0.0525. The van der Waals surface area contributed by atoms with Crippen molar-refractivity contribution in [3.8, 4) is 11.5 Å². The fraction of sp³-hybridized carbons (Fsp3) is 0.409. The Hall–Kier alpha value is -2.28. The van der Waals surface area contributed by atoms with E-state index in [2.05, 4.69) is 5.32 Å². The summed E-state index contributed by atoms with van der Waals surface area (Å²) in [5, 5.41) is 3.68. The summed E-state index contributed by atoms with van der Waals surface area (Å²) in [7, 11) is 1.66. The summed E-state index contributed by atoms with van der Waals surface area (Å²) in [6, 6.07) is 13.2. The Morgan fingerprint density at radius 3 is 2.34 bits per heavy atom. The summed E-state index contributed by atoms with van der Waals surface area (Å²) in [5.74, 6) is 1.75. The van der Waals surface area contributed by atoms with Gasteiger partial charge in [0.25, 0.3) is 5.91 Å². The number of carbonyl (C=O) groups excluding carboxylic acids is 1. The van der Waals surface area contributed by atoms with Crippen molar-refractivity contribution in [1.29, 1.82) is 0 Å². The molecule has 2 aromatic carbocycles. The van der Waals surface area contributed by atoms with Crippen LogP contribution in [0.5, 0.6) is 11.5 Å². The lowest BCUT2D eigenvalue weighted by atomic mass is 10.2. The third kappa shape index (κ3) is 6.63. The van der Waals surface area contributed by atoms with Crippen molar-refractivity contribution in [2.45, 2.75) is 6.92 Å². The summed E-state index contributed by atoms with van der Waals surface area (Å²) >= 11 is 5.97. The zero-order valence-corrected chi connectivity index (χ0v) is 17.8. The Balaban J connectivity index is 1.34. The molecule has 6 nitrogen and oxygen atoms in total. The van der Waals surface area contributed by atoms with Gasteiger partial charge >= 0.3 is 0 Å². The van der Waals surface area contributed by atoms with Gasteiger partial charge in [-0.25, -0.2) is 0 Å². The number of methoxy groups -OCH3 is 1. The van der Waals surface area contributed by atoms with E-state index in [1.807, 2.05) is 43.3 Å². The lowest BCUT2D eigenvalue weighted by Crippen LogP contribution is -3.28. The molecule has 0 aliphatic carbocycles. The Morgan fingerprint density at radius 1 is 1.03 bits per heavy atom. The number of piperazine rings is 1. The maximum Gasteiger partial charge on any atom is 0.279 e. The van der Waals surface area contributed by atoms with E-state index in [1.54, 1.807) is 13.2 Å². The first-order chi connectivity index (χ1) is 14.0. The predicted octanol–water partition coefficient (Wildman–Crippen LogP) is 0.458. The second-order valence-electron chi connectivity index (χ2n) is 7.46. The molecule has 0 spiro atoms. The topological polar surface area (TPSA) is 56.4 Å². The van der Waals surface area contributed by atoms with Crippen LogP contribution < -0.4 is 24.6 Å². The first kappa shape index (κ1) is 21.4. The van der Waals surface area contributed by atoms with E-state index >= 15 is 0 Å². The average Bonchev–Trinajstić information content (AvgIpc) is 2.72. The third-order valence-corrected chi connectivity index (χ3v) is 5.56. The molecular formula is C22H30ClN3O3+2. The molecule has 0 unspecified atom stereocenters. The van der Waals surface area contributed by atoms with E-state index < -0.39 is 0 Å². The molecule has 1 aliphatic heterocycles. The summed E-state index contributed by atoms with van der Waals surface area (Å²) in [6.45, 7) is 8.18. The molecule has 0 atom stereocenters. The maximum absolute atomic E-state index is 12.4. The zero-order valence-electron chi connectivity index (χ0n) is 17.1. The Bertz CT molecular complexity index is 805. The van der Waals surface area contributed by atoms with Crippen molar-refractivity contribution in [2.75, 3.05) is 58.3 Å². The minimum absolute atomic E-state index is 0.0525. The smallest absolute Gasteiger partial charge is 0.279 e. The highest BCUT2D eigenvalue weighted by molar-refractivity contribution is 6.30. The van der Waals surface area contributed by atoms with Crippen LogP contribution in [-0.2, 0) is 4.79 Å². The average molecular weight is 420 g/mol. The standard InChI is InChI=1S/C22H28ClN3O3/c1-17-15-18(23)3-8-21(17)24-22(27)16-26-11-9-25(10-12-26)13-14-29-20-6-4-19(28-2)5-7-20/h3-8,15H,9-14,16H2,1-2H3,(H,24,27)/p+2. The van der Waals surface area contributed by atoms with Gasteiger partial charge in [-0.15, -0.1) is 0 Å². The van der Waals surface area contributed by atoms with Crippen molar-refractivity contribution in [2.24, 2.45) is 0 Å². The van der Waals surface area contributed by atoms with E-state index in [0.29, 0.717) is 18.2 Å². The van der Waals surface area contributed by atoms with Crippen molar-refractivity contribution in [3.05, 3.63) is 53.1 Å². The molecule has 0 radical (unpaired) electrons. The second kappa shape index (κ2) is 10.5. The molecule has 3 N–H and O–H groups in total. The monoisotopic (exact) mass is 419 g/mol. The van der Waals surface area contributed by atoms with Crippen molar-refractivity contribution >= 4 is 23.2 Å². The molecule has 1 amide bonds. The van der Waals surface area contributed by atoms with Crippen LogP contribution in [0.4, 0.5) is 5.69 Å². The van der Waals surface area contributed by atoms with Gasteiger partial charge in [-0.05, 0) is 55.0 Å². The largest absolute Gasteiger partial charge is 0.497 e. The molecule has 2 aromatic rings. The number of halogens is 1. The van der Waals surface area contributed by atoms with E-state index in [1.165, 1.54) is 9.80 Å². The summed E-state index contributed by atoms with van der Waals surface area (Å²) < 4.78 is 11.0. The van der Waals surface area contributed by atoms with Crippen LogP contribution in [0.1, 0.15) is 5.56 Å². The molecule has 1 heterocycles. The molecule has 156 valence electrons. The van der Waals surface area contributed by atoms with Gasteiger partial charge in [-0.2, -0.15) is 0 Å². The first-order valence-electron chi connectivity index (χ1n) is 10.0.